The van der Waals surface area contributed by atoms with Gasteiger partial charge in [-0.2, -0.15) is 23.3 Å². The molecule has 0 N–H and O–H groups in total. The third-order valence-corrected chi connectivity index (χ3v) is 5.41. The number of halogens is 2. The first-order chi connectivity index (χ1) is 12.8. The van der Waals surface area contributed by atoms with E-state index in [-0.39, 0.29) is 46.5 Å². The zero-order chi connectivity index (χ0) is 19.0. The van der Waals surface area contributed by atoms with Gasteiger partial charge in [0.25, 0.3) is 0 Å². The smallest absolute Gasteiger partial charge is 0.269 e. The van der Waals surface area contributed by atoms with Crippen LogP contribution in [0.25, 0.3) is 0 Å². The monoisotopic (exact) mass is 474 g/mol. The summed E-state index contributed by atoms with van der Waals surface area (Å²) in [4.78, 5) is 0. The van der Waals surface area contributed by atoms with E-state index in [1.165, 1.54) is 88.2 Å². The number of allylic oxidation sites excluding steroid dienone is 8. The molecule has 0 spiro atoms. The normalized spacial score (nSPS) is 14.2. The fourth-order valence-corrected chi connectivity index (χ4v) is 3.76. The standard InChI is InChI=1S/2C13H21.2ClH.Ti/c2*1-3-5-6-7-9-13-11-8-10-12(13)4-2;;;/h2*11H,3-9H2,1-2H3;2*1H;/q2*-1;;;+2. The Kier molecular flexibility index (Phi) is 26.8. The molecular weight excluding hydrogens is 431 g/mol. The van der Waals surface area contributed by atoms with E-state index in [4.69, 9.17) is 0 Å². The van der Waals surface area contributed by atoms with Gasteiger partial charge in [0.1, 0.15) is 0 Å². The second-order valence-corrected chi connectivity index (χ2v) is 7.51. The average Bonchev–Trinajstić information content (AvgIpc) is 3.31. The molecule has 2 rings (SSSR count). The van der Waals surface area contributed by atoms with Crippen molar-refractivity contribution in [2.45, 2.75) is 118 Å². The zero-order valence-corrected chi connectivity index (χ0v) is 22.6. The Morgan fingerprint density at radius 3 is 1.31 bits per heavy atom. The van der Waals surface area contributed by atoms with Gasteiger partial charge < -0.3 is 0 Å². The fourth-order valence-electron chi connectivity index (χ4n) is 3.76. The summed E-state index contributed by atoms with van der Waals surface area (Å²) >= 11 is 0. The molecule has 0 saturated carbocycles. The molecule has 0 aliphatic heterocycles. The van der Waals surface area contributed by atoms with Crippen molar-refractivity contribution >= 4 is 24.8 Å². The second kappa shape index (κ2) is 22.9. The first-order valence-electron chi connectivity index (χ1n) is 11.3. The van der Waals surface area contributed by atoms with Crippen LogP contribution in [0.3, 0.4) is 0 Å². The van der Waals surface area contributed by atoms with E-state index in [1.807, 2.05) is 0 Å². The third kappa shape index (κ3) is 14.8. The molecule has 0 atom stereocenters. The van der Waals surface area contributed by atoms with Crippen LogP contribution in [0.1, 0.15) is 118 Å². The Morgan fingerprint density at radius 2 is 1.00 bits per heavy atom. The van der Waals surface area contributed by atoms with Gasteiger partial charge in [-0.25, -0.2) is 11.1 Å². The Bertz CT molecular complexity index is 455. The van der Waals surface area contributed by atoms with E-state index in [9.17, 15) is 0 Å². The van der Waals surface area contributed by atoms with Gasteiger partial charge in [-0.3, -0.25) is 12.2 Å². The van der Waals surface area contributed by atoms with Crippen molar-refractivity contribution in [1.29, 1.82) is 0 Å². The number of hydrogen-bond acceptors (Lipinski definition) is 0. The summed E-state index contributed by atoms with van der Waals surface area (Å²) in [5.41, 5.74) is 6.13. The molecule has 166 valence electrons. The summed E-state index contributed by atoms with van der Waals surface area (Å²) in [6.07, 6.45) is 29.5. The Morgan fingerprint density at radius 1 is 0.621 bits per heavy atom. The molecule has 2 aliphatic carbocycles. The van der Waals surface area contributed by atoms with Crippen LogP contribution in [0.2, 0.25) is 0 Å². The maximum atomic E-state index is 3.42. The quantitative estimate of drug-likeness (QED) is 0.150. The average molecular weight is 475 g/mol. The van der Waals surface area contributed by atoms with E-state index in [1.54, 1.807) is 11.1 Å². The zero-order valence-electron chi connectivity index (χ0n) is 19.4. The van der Waals surface area contributed by atoms with Crippen molar-refractivity contribution in [3.63, 3.8) is 0 Å². The molecule has 29 heavy (non-hydrogen) atoms. The van der Waals surface area contributed by atoms with Gasteiger partial charge in [-0.05, 0) is 0 Å². The fraction of sp³-hybridized carbons (Fsp3) is 0.692. The molecule has 0 radical (unpaired) electrons. The van der Waals surface area contributed by atoms with Gasteiger partial charge in [0, 0.05) is 0 Å². The second-order valence-electron chi connectivity index (χ2n) is 7.51. The summed E-state index contributed by atoms with van der Waals surface area (Å²) in [6, 6.07) is 0. The van der Waals surface area contributed by atoms with Crippen LogP contribution in [-0.4, -0.2) is 0 Å². The molecule has 0 heterocycles. The van der Waals surface area contributed by atoms with E-state index in [0.717, 1.165) is 12.8 Å². The third-order valence-electron chi connectivity index (χ3n) is 5.41. The minimum atomic E-state index is 0. The molecule has 0 saturated heterocycles. The van der Waals surface area contributed by atoms with Crippen molar-refractivity contribution in [2.75, 3.05) is 0 Å². The summed E-state index contributed by atoms with van der Waals surface area (Å²) < 4.78 is 0. The molecule has 0 bridgehead atoms. The Balaban J connectivity index is -0.000000422. The predicted molar refractivity (Wildman–Crippen MR) is 132 cm³/mol. The number of rotatable bonds is 12. The SMILES string of the molecule is CCCCCCC1=CC[C-]=C1CC.CCCCCCC1=CC[C-]=C1CC.Cl.Cl.[Ti+2]. The molecule has 0 unspecified atom stereocenters. The van der Waals surface area contributed by atoms with Crippen molar-refractivity contribution < 1.29 is 21.7 Å². The van der Waals surface area contributed by atoms with Gasteiger partial charge in [0.15, 0.2) is 0 Å². The maximum Gasteiger partial charge on any atom is 2.00 e. The predicted octanol–water partition coefficient (Wildman–Crippen LogP) is 9.69. The van der Waals surface area contributed by atoms with Gasteiger partial charge in [0.05, 0.1) is 0 Å². The molecule has 2 aliphatic rings. The van der Waals surface area contributed by atoms with E-state index in [2.05, 4.69) is 52.0 Å². The molecule has 0 aromatic heterocycles. The van der Waals surface area contributed by atoms with Crippen LogP contribution in [0, 0.1) is 12.2 Å². The minimum Gasteiger partial charge on any atom is -0.269 e. The molecule has 0 aromatic rings. The maximum absolute atomic E-state index is 3.42. The molecular formula is C26H44Cl2Ti. The minimum absolute atomic E-state index is 0. The van der Waals surface area contributed by atoms with Crippen molar-refractivity contribution in [3.8, 4) is 0 Å². The molecule has 0 amide bonds. The molecule has 0 aromatic carbocycles. The van der Waals surface area contributed by atoms with Crippen LogP contribution in [-0.2, 0) is 21.7 Å². The molecule has 0 nitrogen and oxygen atoms in total. The van der Waals surface area contributed by atoms with E-state index in [0.29, 0.717) is 0 Å². The van der Waals surface area contributed by atoms with E-state index < -0.39 is 0 Å². The van der Waals surface area contributed by atoms with Crippen molar-refractivity contribution in [2.24, 2.45) is 0 Å². The summed E-state index contributed by atoms with van der Waals surface area (Å²) in [5, 5.41) is 0. The largest absolute Gasteiger partial charge is 2.00 e. The van der Waals surface area contributed by atoms with Crippen LogP contribution in [0.15, 0.2) is 34.4 Å². The topological polar surface area (TPSA) is 0 Å². The summed E-state index contributed by atoms with van der Waals surface area (Å²) in [6.45, 7) is 8.99. The number of unbranched alkanes of at least 4 members (excludes halogenated alkanes) is 6. The van der Waals surface area contributed by atoms with Crippen LogP contribution in [0.5, 0.6) is 0 Å². The first-order valence-corrected chi connectivity index (χ1v) is 11.3. The van der Waals surface area contributed by atoms with Crippen LogP contribution < -0.4 is 0 Å². The van der Waals surface area contributed by atoms with Crippen LogP contribution in [0.4, 0.5) is 0 Å². The molecule has 0 fully saturated rings. The van der Waals surface area contributed by atoms with Crippen molar-refractivity contribution in [1.82, 2.24) is 0 Å². The van der Waals surface area contributed by atoms with Crippen LogP contribution >= 0.6 is 24.8 Å². The van der Waals surface area contributed by atoms with Gasteiger partial charge in [-0.15, -0.1) is 37.7 Å². The molecule has 3 heteroatoms. The Labute approximate surface area is 209 Å². The van der Waals surface area contributed by atoms with Gasteiger partial charge >= 0.3 is 21.7 Å². The van der Waals surface area contributed by atoms with Gasteiger partial charge in [0.2, 0.25) is 0 Å². The summed E-state index contributed by atoms with van der Waals surface area (Å²) in [7, 11) is 0. The van der Waals surface area contributed by atoms with Gasteiger partial charge in [-0.1, -0.05) is 105 Å². The van der Waals surface area contributed by atoms with Crippen molar-refractivity contribution in [3.05, 3.63) is 46.6 Å². The number of hydrogen-bond donors (Lipinski definition) is 0. The summed E-state index contributed by atoms with van der Waals surface area (Å²) in [5.74, 6) is 0. The van der Waals surface area contributed by atoms with E-state index >= 15 is 0 Å². The first kappa shape index (κ1) is 33.9. The Hall–Kier alpha value is 0.254.